The van der Waals surface area contributed by atoms with Gasteiger partial charge in [-0.1, -0.05) is 0 Å². The molecule has 5 heavy (non-hydrogen) atoms. The summed E-state index contributed by atoms with van der Waals surface area (Å²) in [6.45, 7) is 10.2. The van der Waals surface area contributed by atoms with Crippen molar-refractivity contribution in [2.24, 2.45) is 0 Å². The van der Waals surface area contributed by atoms with Crippen LogP contribution >= 0.6 is 0 Å². The molecule has 3 heteroatoms. The zero-order valence-electron chi connectivity index (χ0n) is 3.15. The Morgan fingerprint density at radius 2 is 1.40 bits per heavy atom. The summed E-state index contributed by atoms with van der Waals surface area (Å²) in [6.07, 6.45) is 0. The molecule has 0 N–H and O–H groups in total. The molecule has 0 fully saturated rings. The topological polar surface area (TPSA) is 0 Å². The minimum atomic E-state index is 1.69. The number of hydrogen-bond acceptors (Lipinski definition) is 0. The third-order valence-electron chi connectivity index (χ3n) is 0.272. The Morgan fingerprint density at radius 1 is 1.00 bits per heavy atom. The van der Waals surface area contributed by atoms with Crippen molar-refractivity contribution in [1.82, 2.24) is 0 Å². The molecule has 0 aromatic carbocycles. The molecule has 0 atom stereocenters. The van der Waals surface area contributed by atoms with E-state index in [4.69, 9.17) is 0 Å². The Labute approximate surface area is 34.6 Å². The van der Waals surface area contributed by atoms with Gasteiger partial charge in [-0.3, -0.25) is 0 Å². The third-order valence-corrected chi connectivity index (χ3v) is 0.272. The Balaban J connectivity index is 2.65. The minimum absolute atomic E-state index is 1.69. The van der Waals surface area contributed by atoms with Crippen LogP contribution in [0.3, 0.4) is 0 Å². The van der Waals surface area contributed by atoms with E-state index in [9.17, 15) is 0 Å². The first kappa shape index (κ1) is 4.93. The molecule has 0 saturated heterocycles. The number of rotatable bonds is 2. The van der Waals surface area contributed by atoms with Crippen molar-refractivity contribution in [2.45, 2.75) is 0 Å². The zero-order valence-corrected chi connectivity index (χ0v) is 3.15. The van der Waals surface area contributed by atoms with E-state index in [1.807, 2.05) is 0 Å². The van der Waals surface area contributed by atoms with Gasteiger partial charge in [-0.2, -0.15) is 0 Å². The monoisotopic (exact) mass is 61.1 g/mol. The molecule has 0 bridgehead atoms. The van der Waals surface area contributed by atoms with Gasteiger partial charge in [0.05, 0.1) is 0 Å². The van der Waals surface area contributed by atoms with E-state index in [0.29, 0.717) is 0 Å². The molecule has 0 aliphatic heterocycles. The first-order valence-electron chi connectivity index (χ1n) is 1.48. The molecule has 21 valence electrons. The van der Waals surface area contributed by atoms with Crippen LogP contribution in [0.5, 0.6) is 0 Å². The molecule has 0 saturated carbocycles. The molecular weight excluding hydrogens is 56.5 g/mol. The Kier molecular flexibility index (Phi) is 3.88. The number of hydrogen-bond donors (Lipinski definition) is 0. The molecule has 0 heterocycles. The summed E-state index contributed by atoms with van der Waals surface area (Å²) in [5.74, 6) is 0. The molecule has 0 spiro atoms. The van der Waals surface area contributed by atoms with Crippen molar-refractivity contribution in [1.29, 1.82) is 0 Å². The van der Waals surface area contributed by atoms with Crippen LogP contribution in [0.2, 0.25) is 0 Å². The van der Waals surface area contributed by atoms with Gasteiger partial charge in [0.15, 0.2) is 0 Å². The Bertz CT molecular complexity index is 34.2. The second-order valence-electron chi connectivity index (χ2n) is 0.664. The van der Waals surface area contributed by atoms with Gasteiger partial charge in [0.25, 0.3) is 0 Å². The summed E-state index contributed by atoms with van der Waals surface area (Å²) >= 11 is 0. The predicted octanol–water partition coefficient (Wildman–Crippen LogP) is -1.21. The summed E-state index contributed by atoms with van der Waals surface area (Å²) < 4.78 is 0. The van der Waals surface area contributed by atoms with Crippen molar-refractivity contribution >= 4 is 33.6 Å². The quantitative estimate of drug-likeness (QED) is 0.351. The molecule has 0 unspecified atom stereocenters. The van der Waals surface area contributed by atoms with Crippen LogP contribution in [-0.2, 0) is 0 Å². The summed E-state index contributed by atoms with van der Waals surface area (Å²) in [4.78, 5) is 0. The van der Waals surface area contributed by atoms with Crippen molar-refractivity contribution < 1.29 is 0 Å². The molecule has 1 radical (unpaired) electrons. The van der Waals surface area contributed by atoms with Crippen LogP contribution in [-0.4, -0.2) is 33.6 Å². The predicted molar refractivity (Wildman–Crippen MR) is 31.5 cm³/mol. The van der Waals surface area contributed by atoms with E-state index < -0.39 is 0 Å². The molecule has 0 aromatic rings. The summed E-state index contributed by atoms with van der Waals surface area (Å²) in [5, 5.41) is 0. The maximum absolute atomic E-state index is 3.42. The fraction of sp³-hybridized carbons (Fsp3) is 0. The fourth-order valence-corrected chi connectivity index (χ4v) is 0.0962. The molecule has 0 aromatic heterocycles. The average Bonchev–Trinajstić information content (AvgIpc) is 1.41. The third kappa shape index (κ3) is 3.93. The molecule has 0 aliphatic rings. The van der Waals surface area contributed by atoms with E-state index in [2.05, 4.69) is 12.9 Å². The summed E-state index contributed by atoms with van der Waals surface area (Å²) in [7, 11) is 1.78. The second kappa shape index (κ2) is 3.93. The average molecular weight is 60.5 g/mol. The van der Waals surface area contributed by atoms with Gasteiger partial charge in [0.2, 0.25) is 0 Å². The van der Waals surface area contributed by atoms with Gasteiger partial charge < -0.3 is 0 Å². The van der Waals surface area contributed by atoms with Gasteiger partial charge >= 0.3 is 33.6 Å². The van der Waals surface area contributed by atoms with Gasteiger partial charge in [-0.15, -0.1) is 0 Å². The molecular formula is C2H4B3. The van der Waals surface area contributed by atoms with Crippen LogP contribution in [0.1, 0.15) is 0 Å². The first-order chi connectivity index (χ1) is 2.41. The Hall–Kier alpha value is -0.0652. The standard InChI is InChI=1S/C2H4B3/c1-3-5-4-2/h1-2H2. The van der Waals surface area contributed by atoms with Gasteiger partial charge in [0.1, 0.15) is 0 Å². The van der Waals surface area contributed by atoms with E-state index in [0.717, 1.165) is 0 Å². The van der Waals surface area contributed by atoms with Crippen LogP contribution < -0.4 is 0 Å². The molecule has 0 nitrogen and oxygen atoms in total. The van der Waals surface area contributed by atoms with Crippen LogP contribution in [0.25, 0.3) is 0 Å². The van der Waals surface area contributed by atoms with E-state index >= 15 is 0 Å². The molecule has 0 amide bonds. The van der Waals surface area contributed by atoms with E-state index in [-0.39, 0.29) is 0 Å². The second-order valence-corrected chi connectivity index (χ2v) is 0.664. The van der Waals surface area contributed by atoms with Crippen molar-refractivity contribution in [2.75, 3.05) is 0 Å². The van der Waals surface area contributed by atoms with Gasteiger partial charge in [0, 0.05) is 0 Å². The summed E-state index contributed by atoms with van der Waals surface area (Å²) in [6, 6.07) is 0. The van der Waals surface area contributed by atoms with Crippen molar-refractivity contribution in [3.05, 3.63) is 0 Å². The van der Waals surface area contributed by atoms with Crippen molar-refractivity contribution in [3.8, 4) is 0 Å². The van der Waals surface area contributed by atoms with Crippen LogP contribution in [0.15, 0.2) is 0 Å². The van der Waals surface area contributed by atoms with E-state index in [1.165, 1.54) is 0 Å². The van der Waals surface area contributed by atoms with Gasteiger partial charge in [-0.05, 0) is 0 Å². The molecule has 0 aliphatic carbocycles. The maximum atomic E-state index is 3.42. The van der Waals surface area contributed by atoms with E-state index in [1.54, 1.807) is 20.7 Å². The van der Waals surface area contributed by atoms with Crippen molar-refractivity contribution in [3.63, 3.8) is 0 Å². The van der Waals surface area contributed by atoms with Crippen LogP contribution in [0, 0.1) is 0 Å². The van der Waals surface area contributed by atoms with Gasteiger partial charge in [-0.25, -0.2) is 0 Å². The Morgan fingerprint density at radius 3 is 1.40 bits per heavy atom. The SMILES string of the molecule is C=B[B]B=C. The summed E-state index contributed by atoms with van der Waals surface area (Å²) in [5.41, 5.74) is 0. The zero-order chi connectivity index (χ0) is 4.12. The normalized spacial score (nSPS) is 4.00. The first-order valence-corrected chi connectivity index (χ1v) is 1.48. The fourth-order valence-electron chi connectivity index (χ4n) is 0.0962. The van der Waals surface area contributed by atoms with Crippen LogP contribution in [0.4, 0.5) is 0 Å². The molecule has 0 rings (SSSR count).